The number of hydrogen-bond donors (Lipinski definition) is 1. The molecule has 1 atom stereocenters. The van der Waals surface area contributed by atoms with Gasteiger partial charge in [-0.1, -0.05) is 73.8 Å². The lowest BCUT2D eigenvalue weighted by Crippen LogP contribution is -2.44. The molecule has 0 saturated heterocycles. The van der Waals surface area contributed by atoms with E-state index in [-0.39, 0.29) is 0 Å². The second-order valence-corrected chi connectivity index (χ2v) is 11.5. The standard InChI is InChI=1S/C40H32N12/c1-3-14-29(4-2)49-33-21-35(43-25-41-33)50(30-15-8-5-9-16-30)37-23-39(47-27-45-37)52(32-19-12-7-13-20-32)40-24-38(46-28-48-40)51(31-17-10-6-11-18-31)36-22-34(49)42-26-44-36/h3-28,39H,1-2H2,(H,45,47)/b29-14+. The minimum absolute atomic E-state index is 0.423. The summed E-state index contributed by atoms with van der Waals surface area (Å²) in [6.07, 6.45) is 13.2. The van der Waals surface area contributed by atoms with Gasteiger partial charge in [-0.05, 0) is 48.6 Å². The van der Waals surface area contributed by atoms with E-state index in [9.17, 15) is 0 Å². The van der Waals surface area contributed by atoms with Crippen molar-refractivity contribution >= 4 is 58.3 Å². The maximum absolute atomic E-state index is 4.84. The predicted octanol–water partition coefficient (Wildman–Crippen LogP) is 8.01. The molecule has 0 fully saturated rings. The molecule has 2 aliphatic rings. The number of para-hydroxylation sites is 3. The molecule has 8 rings (SSSR count). The van der Waals surface area contributed by atoms with E-state index >= 15 is 0 Å². The first kappa shape index (κ1) is 31.8. The van der Waals surface area contributed by atoms with Crippen molar-refractivity contribution in [2.75, 3.05) is 19.6 Å². The fourth-order valence-electron chi connectivity index (χ4n) is 6.13. The average Bonchev–Trinajstić information content (AvgIpc) is 3.20. The van der Waals surface area contributed by atoms with E-state index < -0.39 is 6.17 Å². The van der Waals surface area contributed by atoms with Crippen LogP contribution in [-0.2, 0) is 0 Å². The SMILES string of the molecule is C=C/C=C(\C=C)N1c2cc(ncn2)N(c2ccccc2)C2=CC(NC=N2)N(c2ccccc2)c2cc(ncn2)N(c2ccccc2)c2cc1ncn2. The van der Waals surface area contributed by atoms with Gasteiger partial charge in [0, 0.05) is 47.0 Å². The third-order valence-corrected chi connectivity index (χ3v) is 8.38. The molecule has 52 heavy (non-hydrogen) atoms. The summed E-state index contributed by atoms with van der Waals surface area (Å²) in [7, 11) is 0. The Kier molecular flexibility index (Phi) is 8.66. The molecule has 0 spiro atoms. The van der Waals surface area contributed by atoms with Crippen molar-refractivity contribution in [3.05, 3.63) is 177 Å². The summed E-state index contributed by atoms with van der Waals surface area (Å²) >= 11 is 0. The molecule has 1 N–H and O–H groups in total. The molecule has 2 aliphatic heterocycles. The third-order valence-electron chi connectivity index (χ3n) is 8.38. The number of hydrogen-bond acceptors (Lipinski definition) is 12. The van der Waals surface area contributed by atoms with Gasteiger partial charge in [-0.15, -0.1) is 0 Å². The minimum Gasteiger partial charge on any atom is -0.352 e. The van der Waals surface area contributed by atoms with Gasteiger partial charge in [0.1, 0.15) is 65.9 Å². The summed E-state index contributed by atoms with van der Waals surface area (Å²) in [5.41, 5.74) is 3.29. The normalized spacial score (nSPS) is 15.4. The summed E-state index contributed by atoms with van der Waals surface area (Å²) in [5.74, 6) is 4.08. The molecule has 8 bridgehead atoms. The van der Waals surface area contributed by atoms with Crippen molar-refractivity contribution in [1.29, 1.82) is 0 Å². The van der Waals surface area contributed by atoms with E-state index in [1.807, 2.05) is 136 Å². The third kappa shape index (κ3) is 6.11. The van der Waals surface area contributed by atoms with Gasteiger partial charge < -0.3 is 10.2 Å². The number of allylic oxidation sites excluding steroid dienone is 3. The molecule has 1 unspecified atom stereocenters. The molecule has 0 aliphatic carbocycles. The molecule has 3 aromatic carbocycles. The fraction of sp³-hybridized carbons (Fsp3) is 0.0250. The van der Waals surface area contributed by atoms with E-state index in [0.717, 1.165) is 17.1 Å². The first-order valence-corrected chi connectivity index (χ1v) is 16.5. The van der Waals surface area contributed by atoms with E-state index in [2.05, 4.69) is 23.4 Å². The Bertz CT molecular complexity index is 2310. The zero-order valence-electron chi connectivity index (χ0n) is 27.9. The first-order valence-electron chi connectivity index (χ1n) is 16.5. The van der Waals surface area contributed by atoms with E-state index in [4.69, 9.17) is 34.9 Å². The second kappa shape index (κ2) is 14.2. The van der Waals surface area contributed by atoms with Crippen molar-refractivity contribution < 1.29 is 0 Å². The van der Waals surface area contributed by atoms with Crippen molar-refractivity contribution in [3.8, 4) is 0 Å². The van der Waals surface area contributed by atoms with Crippen LogP contribution in [-0.4, -0.2) is 42.4 Å². The molecule has 12 nitrogen and oxygen atoms in total. The molecule has 0 saturated carbocycles. The topological polar surface area (TPSA) is 115 Å². The number of aliphatic imine (C=N–C) groups is 1. The molecular weight excluding hydrogens is 649 g/mol. The maximum Gasteiger partial charge on any atom is 0.144 e. The monoisotopic (exact) mass is 680 g/mol. The molecule has 5 heterocycles. The predicted molar refractivity (Wildman–Crippen MR) is 206 cm³/mol. The van der Waals surface area contributed by atoms with Gasteiger partial charge in [0.25, 0.3) is 0 Å². The number of fused-ring (bicyclic) bond motifs is 7. The zero-order valence-corrected chi connectivity index (χ0v) is 27.9. The minimum atomic E-state index is -0.423. The van der Waals surface area contributed by atoms with E-state index in [0.29, 0.717) is 46.4 Å². The van der Waals surface area contributed by atoms with Crippen molar-refractivity contribution in [2.45, 2.75) is 6.17 Å². The molecule has 252 valence electrons. The zero-order chi connectivity index (χ0) is 35.3. The van der Waals surface area contributed by atoms with Crippen LogP contribution in [0, 0.1) is 0 Å². The highest BCUT2D eigenvalue weighted by molar-refractivity contribution is 5.79. The van der Waals surface area contributed by atoms with Crippen LogP contribution in [0.25, 0.3) is 0 Å². The average molecular weight is 681 g/mol. The smallest absolute Gasteiger partial charge is 0.144 e. The molecule has 0 radical (unpaired) electrons. The van der Waals surface area contributed by atoms with Crippen LogP contribution in [0.1, 0.15) is 0 Å². The highest BCUT2D eigenvalue weighted by Crippen LogP contribution is 2.39. The fourth-order valence-corrected chi connectivity index (χ4v) is 6.13. The highest BCUT2D eigenvalue weighted by Gasteiger charge is 2.29. The lowest BCUT2D eigenvalue weighted by atomic mass is 10.2. The molecule has 3 aromatic heterocycles. The summed E-state index contributed by atoms with van der Waals surface area (Å²) in [5, 5.41) is 3.45. The summed E-state index contributed by atoms with van der Waals surface area (Å²) in [6.45, 7) is 8.06. The van der Waals surface area contributed by atoms with Crippen molar-refractivity contribution in [1.82, 2.24) is 35.2 Å². The van der Waals surface area contributed by atoms with Crippen molar-refractivity contribution in [2.24, 2.45) is 4.99 Å². The van der Waals surface area contributed by atoms with Crippen LogP contribution in [0.2, 0.25) is 0 Å². The highest BCUT2D eigenvalue weighted by atomic mass is 15.4. The Morgan fingerprint density at radius 1 is 0.577 bits per heavy atom. The first-order chi connectivity index (χ1) is 25.7. The number of anilines is 9. The Morgan fingerprint density at radius 2 is 1.06 bits per heavy atom. The van der Waals surface area contributed by atoms with Gasteiger partial charge in [-0.25, -0.2) is 34.9 Å². The summed E-state index contributed by atoms with van der Waals surface area (Å²) < 4.78 is 0. The molecule has 12 heteroatoms. The Hall–Kier alpha value is -7.47. The van der Waals surface area contributed by atoms with Crippen molar-refractivity contribution in [3.63, 3.8) is 0 Å². The van der Waals surface area contributed by atoms with E-state index in [1.54, 1.807) is 24.8 Å². The molecular formula is C40H32N12. The largest absolute Gasteiger partial charge is 0.352 e. The number of benzene rings is 3. The van der Waals surface area contributed by atoms with E-state index in [1.165, 1.54) is 12.7 Å². The number of aromatic nitrogens is 6. The van der Waals surface area contributed by atoms with Gasteiger partial charge in [-0.3, -0.25) is 14.7 Å². The van der Waals surface area contributed by atoms with Gasteiger partial charge in [0.2, 0.25) is 0 Å². The van der Waals surface area contributed by atoms with Crippen LogP contribution in [0.5, 0.6) is 0 Å². The number of nitrogens with zero attached hydrogens (tertiary/aromatic N) is 11. The number of rotatable bonds is 6. The van der Waals surface area contributed by atoms with Crippen LogP contribution < -0.4 is 24.9 Å². The van der Waals surface area contributed by atoms with Crippen LogP contribution in [0.3, 0.4) is 0 Å². The van der Waals surface area contributed by atoms with Gasteiger partial charge in [0.05, 0.1) is 6.34 Å². The summed E-state index contributed by atoms with van der Waals surface area (Å²) in [4.78, 5) is 41.4. The second-order valence-electron chi connectivity index (χ2n) is 11.5. The Balaban J connectivity index is 1.44. The Labute approximate surface area is 300 Å². The quantitative estimate of drug-likeness (QED) is 0.173. The maximum atomic E-state index is 4.84. The number of nitrogens with one attached hydrogen (secondary N) is 1. The lowest BCUT2D eigenvalue weighted by molar-refractivity contribution is 0.713. The van der Waals surface area contributed by atoms with Crippen LogP contribution in [0.4, 0.5) is 52.0 Å². The van der Waals surface area contributed by atoms with Gasteiger partial charge in [0.15, 0.2) is 0 Å². The van der Waals surface area contributed by atoms with Gasteiger partial charge in [-0.2, -0.15) is 0 Å². The van der Waals surface area contributed by atoms with Crippen LogP contribution in [0.15, 0.2) is 182 Å². The molecule has 6 aromatic rings. The Morgan fingerprint density at radius 3 is 1.62 bits per heavy atom. The van der Waals surface area contributed by atoms with Gasteiger partial charge >= 0.3 is 0 Å². The molecule has 0 amide bonds. The summed E-state index contributed by atoms with van der Waals surface area (Å²) in [6, 6.07) is 35.7. The van der Waals surface area contributed by atoms with Crippen LogP contribution >= 0.6 is 0 Å². The lowest BCUT2D eigenvalue weighted by Gasteiger charge is -2.35.